The summed E-state index contributed by atoms with van der Waals surface area (Å²) in [6.45, 7) is 0.874. The molecule has 2 atom stereocenters. The van der Waals surface area contributed by atoms with E-state index in [0.717, 1.165) is 0 Å². The minimum absolute atomic E-state index is 0.105. The predicted octanol–water partition coefficient (Wildman–Crippen LogP) is 1.46. The van der Waals surface area contributed by atoms with Gasteiger partial charge >= 0.3 is 0 Å². The fourth-order valence-electron chi connectivity index (χ4n) is 2.73. The normalized spacial score (nSPS) is 19.5. The lowest BCUT2D eigenvalue weighted by Gasteiger charge is -2.32. The molecule has 0 unspecified atom stereocenters. The zero-order chi connectivity index (χ0) is 18.5. The van der Waals surface area contributed by atoms with E-state index in [2.05, 4.69) is 5.32 Å². The SMILES string of the molecule is NC(=O)c1ccc(O[C@@H]2COCC[C@H]2NC(=O)c2ccc(O)cc2)cc1. The number of benzene rings is 2. The molecule has 1 aliphatic rings. The molecular formula is C19H20N2O5. The van der Waals surface area contributed by atoms with E-state index in [1.54, 1.807) is 36.4 Å². The van der Waals surface area contributed by atoms with Gasteiger partial charge < -0.3 is 25.6 Å². The average molecular weight is 356 g/mol. The highest BCUT2D eigenvalue weighted by Crippen LogP contribution is 2.19. The number of nitrogens with one attached hydrogen (secondary N) is 1. The zero-order valence-corrected chi connectivity index (χ0v) is 14.1. The van der Waals surface area contributed by atoms with Crippen LogP contribution < -0.4 is 15.8 Å². The second kappa shape index (κ2) is 7.88. The van der Waals surface area contributed by atoms with E-state index < -0.39 is 5.91 Å². The molecule has 1 heterocycles. The van der Waals surface area contributed by atoms with Crippen molar-refractivity contribution in [2.24, 2.45) is 5.73 Å². The topological polar surface area (TPSA) is 111 Å². The standard InChI is InChI=1S/C19H20N2O5/c20-18(23)12-3-7-15(8-4-12)26-17-11-25-10-9-16(17)21-19(24)13-1-5-14(22)6-2-13/h1-8,16-17,22H,9-11H2,(H2,20,23)(H,21,24)/t16-,17-/m1/s1. The Bertz CT molecular complexity index is 774. The van der Waals surface area contributed by atoms with Gasteiger partial charge in [-0.3, -0.25) is 9.59 Å². The molecule has 0 radical (unpaired) electrons. The molecule has 4 N–H and O–H groups in total. The van der Waals surface area contributed by atoms with E-state index in [-0.39, 0.29) is 23.8 Å². The molecule has 1 aliphatic heterocycles. The third-order valence-corrected chi connectivity index (χ3v) is 4.18. The molecule has 0 saturated carbocycles. The van der Waals surface area contributed by atoms with Crippen molar-refractivity contribution < 1.29 is 24.2 Å². The summed E-state index contributed by atoms with van der Waals surface area (Å²) in [5, 5.41) is 12.3. The van der Waals surface area contributed by atoms with Crippen molar-refractivity contribution in [3.05, 3.63) is 59.7 Å². The van der Waals surface area contributed by atoms with Crippen LogP contribution in [-0.4, -0.2) is 42.3 Å². The first-order valence-corrected chi connectivity index (χ1v) is 8.27. The first-order valence-electron chi connectivity index (χ1n) is 8.27. The molecule has 0 aromatic heterocycles. The number of hydrogen-bond acceptors (Lipinski definition) is 5. The van der Waals surface area contributed by atoms with Gasteiger partial charge in [-0.25, -0.2) is 0 Å². The molecule has 3 rings (SSSR count). The highest BCUT2D eigenvalue weighted by molar-refractivity contribution is 5.94. The molecule has 136 valence electrons. The summed E-state index contributed by atoms with van der Waals surface area (Å²) in [5.74, 6) is -0.0752. The minimum Gasteiger partial charge on any atom is -0.508 e. The number of hydrogen-bond donors (Lipinski definition) is 3. The Balaban J connectivity index is 1.66. The fraction of sp³-hybridized carbons (Fsp3) is 0.263. The average Bonchev–Trinajstić information content (AvgIpc) is 2.64. The first-order chi connectivity index (χ1) is 12.5. The van der Waals surface area contributed by atoms with E-state index >= 15 is 0 Å². The number of amides is 2. The number of nitrogens with two attached hydrogens (primary N) is 1. The van der Waals surface area contributed by atoms with Gasteiger partial charge in [-0.2, -0.15) is 0 Å². The van der Waals surface area contributed by atoms with Crippen LogP contribution in [0.15, 0.2) is 48.5 Å². The zero-order valence-electron chi connectivity index (χ0n) is 14.1. The number of carbonyl (C=O) groups is 2. The van der Waals surface area contributed by atoms with Crippen molar-refractivity contribution in [1.82, 2.24) is 5.32 Å². The predicted molar refractivity (Wildman–Crippen MR) is 94.2 cm³/mol. The van der Waals surface area contributed by atoms with Crippen LogP contribution in [0.1, 0.15) is 27.1 Å². The number of aromatic hydroxyl groups is 1. The summed E-state index contributed by atoms with van der Waals surface area (Å²) in [6.07, 6.45) is 0.262. The van der Waals surface area contributed by atoms with Crippen LogP contribution >= 0.6 is 0 Å². The lowest BCUT2D eigenvalue weighted by Crippen LogP contribution is -2.51. The van der Waals surface area contributed by atoms with E-state index in [1.165, 1.54) is 12.1 Å². The van der Waals surface area contributed by atoms with Gasteiger partial charge in [0.05, 0.1) is 12.6 Å². The number of phenolic OH excluding ortho intramolecular Hbond substituents is 1. The second-order valence-corrected chi connectivity index (χ2v) is 6.04. The van der Waals surface area contributed by atoms with Gasteiger partial charge in [0.2, 0.25) is 5.91 Å². The van der Waals surface area contributed by atoms with Crippen molar-refractivity contribution in [2.45, 2.75) is 18.6 Å². The largest absolute Gasteiger partial charge is 0.508 e. The molecule has 2 aromatic rings. The van der Waals surface area contributed by atoms with Crippen LogP contribution in [-0.2, 0) is 4.74 Å². The van der Waals surface area contributed by atoms with Crippen LogP contribution in [0.3, 0.4) is 0 Å². The number of rotatable bonds is 5. The van der Waals surface area contributed by atoms with Gasteiger partial charge in [0.1, 0.15) is 17.6 Å². The van der Waals surface area contributed by atoms with Crippen LogP contribution in [0, 0.1) is 0 Å². The molecule has 7 heteroatoms. The maximum Gasteiger partial charge on any atom is 0.251 e. The van der Waals surface area contributed by atoms with Gasteiger partial charge in [0.15, 0.2) is 0 Å². The summed E-state index contributed by atoms with van der Waals surface area (Å²) < 4.78 is 11.4. The lowest BCUT2D eigenvalue weighted by atomic mass is 10.0. The summed E-state index contributed by atoms with van der Waals surface area (Å²) in [6, 6.07) is 12.3. The molecule has 0 spiro atoms. The lowest BCUT2D eigenvalue weighted by molar-refractivity contribution is -0.0135. The monoisotopic (exact) mass is 356 g/mol. The Morgan fingerprint density at radius 1 is 1.08 bits per heavy atom. The number of ether oxygens (including phenoxy) is 2. The first kappa shape index (κ1) is 17.8. The van der Waals surface area contributed by atoms with Crippen LogP contribution in [0.25, 0.3) is 0 Å². The van der Waals surface area contributed by atoms with Gasteiger partial charge in [0, 0.05) is 17.7 Å². The van der Waals surface area contributed by atoms with Gasteiger partial charge in [-0.15, -0.1) is 0 Å². The highest BCUT2D eigenvalue weighted by Gasteiger charge is 2.29. The molecule has 26 heavy (non-hydrogen) atoms. The van der Waals surface area contributed by atoms with E-state index in [9.17, 15) is 14.7 Å². The third-order valence-electron chi connectivity index (χ3n) is 4.18. The maximum atomic E-state index is 12.4. The van der Waals surface area contributed by atoms with Gasteiger partial charge in [-0.05, 0) is 55.0 Å². The Kier molecular flexibility index (Phi) is 5.38. The Morgan fingerprint density at radius 2 is 1.73 bits per heavy atom. The smallest absolute Gasteiger partial charge is 0.251 e. The highest BCUT2D eigenvalue weighted by atomic mass is 16.5. The fourth-order valence-corrected chi connectivity index (χ4v) is 2.73. The number of primary amides is 1. The van der Waals surface area contributed by atoms with E-state index in [0.29, 0.717) is 36.5 Å². The molecule has 2 amide bonds. The Hall–Kier alpha value is -3.06. The molecule has 0 bridgehead atoms. The molecular weight excluding hydrogens is 336 g/mol. The van der Waals surface area contributed by atoms with Crippen molar-refractivity contribution in [3.63, 3.8) is 0 Å². The van der Waals surface area contributed by atoms with Crippen LogP contribution in [0.2, 0.25) is 0 Å². The van der Waals surface area contributed by atoms with Crippen LogP contribution in [0.5, 0.6) is 11.5 Å². The quantitative estimate of drug-likeness (QED) is 0.751. The number of carbonyl (C=O) groups excluding carboxylic acids is 2. The minimum atomic E-state index is -0.503. The van der Waals surface area contributed by atoms with Gasteiger partial charge in [0.25, 0.3) is 5.91 Å². The molecule has 1 fully saturated rings. The van der Waals surface area contributed by atoms with Crippen molar-refractivity contribution in [3.8, 4) is 11.5 Å². The number of phenols is 1. The van der Waals surface area contributed by atoms with Crippen molar-refractivity contribution in [1.29, 1.82) is 0 Å². The molecule has 2 aromatic carbocycles. The van der Waals surface area contributed by atoms with Gasteiger partial charge in [-0.1, -0.05) is 0 Å². The summed E-state index contributed by atoms with van der Waals surface area (Å²) in [4.78, 5) is 23.5. The second-order valence-electron chi connectivity index (χ2n) is 6.04. The molecule has 7 nitrogen and oxygen atoms in total. The van der Waals surface area contributed by atoms with Crippen molar-refractivity contribution in [2.75, 3.05) is 13.2 Å². The Morgan fingerprint density at radius 3 is 2.38 bits per heavy atom. The molecule has 1 saturated heterocycles. The summed E-state index contributed by atoms with van der Waals surface area (Å²) >= 11 is 0. The van der Waals surface area contributed by atoms with E-state index in [1.807, 2.05) is 0 Å². The summed E-state index contributed by atoms with van der Waals surface area (Å²) in [7, 11) is 0. The maximum absolute atomic E-state index is 12.4. The Labute approximate surface area is 150 Å². The molecule has 0 aliphatic carbocycles. The van der Waals surface area contributed by atoms with E-state index in [4.69, 9.17) is 15.2 Å². The van der Waals surface area contributed by atoms with Crippen molar-refractivity contribution >= 4 is 11.8 Å². The van der Waals surface area contributed by atoms with Crippen LogP contribution in [0.4, 0.5) is 0 Å². The third kappa shape index (κ3) is 4.31. The summed E-state index contributed by atoms with van der Waals surface area (Å²) in [5.41, 5.74) is 6.08.